The topological polar surface area (TPSA) is 75.4 Å². The van der Waals surface area contributed by atoms with Crippen LogP contribution in [0.4, 0.5) is 11.4 Å². The Labute approximate surface area is 113 Å². The number of benzene rings is 1. The number of nitrogens with one attached hydrogen (secondary N) is 1. The van der Waals surface area contributed by atoms with E-state index in [0.717, 1.165) is 12.8 Å². The molecule has 0 aliphatic rings. The standard InChI is InChI=1S/C14H22N2O3/c1-3-4-5-6-7-11(2)15-13-9-8-12(17)10-14(13)16(18)19/h8-11,15,17H,3-7H2,1-2H3. The number of unbranched alkanes of at least 4 members (excludes halogenated alkanes) is 3. The minimum Gasteiger partial charge on any atom is -0.508 e. The van der Waals surface area contributed by atoms with Crippen molar-refractivity contribution in [3.63, 3.8) is 0 Å². The van der Waals surface area contributed by atoms with Gasteiger partial charge in [0.15, 0.2) is 0 Å². The summed E-state index contributed by atoms with van der Waals surface area (Å²) in [5, 5.41) is 23.3. The van der Waals surface area contributed by atoms with Gasteiger partial charge in [0.25, 0.3) is 5.69 Å². The van der Waals surface area contributed by atoms with Crippen LogP contribution in [0.3, 0.4) is 0 Å². The van der Waals surface area contributed by atoms with Crippen LogP contribution in [-0.4, -0.2) is 16.1 Å². The summed E-state index contributed by atoms with van der Waals surface area (Å²) in [6.07, 6.45) is 5.73. The highest BCUT2D eigenvalue weighted by atomic mass is 16.6. The zero-order chi connectivity index (χ0) is 14.3. The van der Waals surface area contributed by atoms with Gasteiger partial charge in [-0.25, -0.2) is 0 Å². The summed E-state index contributed by atoms with van der Waals surface area (Å²) in [5.41, 5.74) is 0.381. The van der Waals surface area contributed by atoms with E-state index in [1.807, 2.05) is 6.92 Å². The highest BCUT2D eigenvalue weighted by molar-refractivity contribution is 5.64. The van der Waals surface area contributed by atoms with Gasteiger partial charge in [0.2, 0.25) is 0 Å². The van der Waals surface area contributed by atoms with Crippen LogP contribution in [0.15, 0.2) is 18.2 Å². The quantitative estimate of drug-likeness (QED) is 0.322. The molecule has 0 aromatic heterocycles. The molecule has 106 valence electrons. The van der Waals surface area contributed by atoms with Crippen LogP contribution < -0.4 is 5.32 Å². The van der Waals surface area contributed by atoms with E-state index < -0.39 is 4.92 Å². The highest BCUT2D eigenvalue weighted by Gasteiger charge is 2.15. The second kappa shape index (κ2) is 7.61. The van der Waals surface area contributed by atoms with Crippen LogP contribution in [0.25, 0.3) is 0 Å². The number of phenolic OH excluding ortho intramolecular Hbond substituents is 1. The van der Waals surface area contributed by atoms with Gasteiger partial charge < -0.3 is 10.4 Å². The van der Waals surface area contributed by atoms with Crippen molar-refractivity contribution in [1.29, 1.82) is 0 Å². The SMILES string of the molecule is CCCCCCC(C)Nc1ccc(O)cc1[N+](=O)[O-]. The number of nitrogens with zero attached hydrogens (tertiary/aromatic N) is 1. The average Bonchev–Trinajstić information content (AvgIpc) is 2.36. The van der Waals surface area contributed by atoms with E-state index in [-0.39, 0.29) is 17.5 Å². The molecule has 5 nitrogen and oxygen atoms in total. The summed E-state index contributed by atoms with van der Waals surface area (Å²) in [4.78, 5) is 10.4. The Bertz CT molecular complexity index is 421. The van der Waals surface area contributed by atoms with Crippen molar-refractivity contribution in [1.82, 2.24) is 0 Å². The predicted molar refractivity (Wildman–Crippen MR) is 76.6 cm³/mol. The molecule has 5 heteroatoms. The molecule has 0 amide bonds. The minimum atomic E-state index is -0.480. The maximum atomic E-state index is 10.9. The number of hydrogen-bond donors (Lipinski definition) is 2. The van der Waals surface area contributed by atoms with Crippen molar-refractivity contribution < 1.29 is 10.0 Å². The lowest BCUT2D eigenvalue weighted by molar-refractivity contribution is -0.384. The zero-order valence-electron chi connectivity index (χ0n) is 11.6. The third kappa shape index (κ3) is 5.16. The Morgan fingerprint density at radius 1 is 1.37 bits per heavy atom. The van der Waals surface area contributed by atoms with Gasteiger partial charge in [-0.05, 0) is 25.5 Å². The molecule has 0 heterocycles. The molecule has 1 aromatic rings. The summed E-state index contributed by atoms with van der Waals surface area (Å²) in [7, 11) is 0. The van der Waals surface area contributed by atoms with Gasteiger partial charge in [-0.3, -0.25) is 10.1 Å². The van der Waals surface area contributed by atoms with E-state index in [1.54, 1.807) is 6.07 Å². The molecule has 0 fully saturated rings. The van der Waals surface area contributed by atoms with Crippen molar-refractivity contribution >= 4 is 11.4 Å². The first kappa shape index (κ1) is 15.3. The van der Waals surface area contributed by atoms with E-state index in [1.165, 1.54) is 31.4 Å². The first-order valence-corrected chi connectivity index (χ1v) is 6.78. The highest BCUT2D eigenvalue weighted by Crippen LogP contribution is 2.29. The molecular weight excluding hydrogens is 244 g/mol. The molecule has 19 heavy (non-hydrogen) atoms. The summed E-state index contributed by atoms with van der Waals surface area (Å²) in [5.74, 6) is -0.0900. The number of rotatable bonds is 8. The molecule has 1 aromatic carbocycles. The lowest BCUT2D eigenvalue weighted by Gasteiger charge is -2.15. The van der Waals surface area contributed by atoms with Crippen LogP contribution in [0.2, 0.25) is 0 Å². The second-order valence-electron chi connectivity index (χ2n) is 4.85. The van der Waals surface area contributed by atoms with Crippen molar-refractivity contribution in [2.24, 2.45) is 0 Å². The fourth-order valence-electron chi connectivity index (χ4n) is 2.01. The van der Waals surface area contributed by atoms with Gasteiger partial charge in [-0.2, -0.15) is 0 Å². The minimum absolute atomic E-state index is 0.0830. The molecule has 0 spiro atoms. The van der Waals surface area contributed by atoms with E-state index in [9.17, 15) is 15.2 Å². The van der Waals surface area contributed by atoms with Crippen LogP contribution >= 0.6 is 0 Å². The molecule has 1 rings (SSSR count). The predicted octanol–water partition coefficient (Wildman–Crippen LogP) is 4.07. The summed E-state index contributed by atoms with van der Waals surface area (Å²) in [6.45, 7) is 4.18. The number of phenols is 1. The maximum Gasteiger partial charge on any atom is 0.296 e. The van der Waals surface area contributed by atoms with Crippen LogP contribution in [0.5, 0.6) is 5.75 Å². The molecule has 0 radical (unpaired) electrons. The van der Waals surface area contributed by atoms with Crippen molar-refractivity contribution in [3.05, 3.63) is 28.3 Å². The van der Waals surface area contributed by atoms with E-state index >= 15 is 0 Å². The number of nitro benzene ring substituents is 1. The number of hydrogen-bond acceptors (Lipinski definition) is 4. The summed E-state index contributed by atoms with van der Waals surface area (Å²) in [6, 6.07) is 4.36. The Balaban J connectivity index is 2.58. The van der Waals surface area contributed by atoms with Crippen LogP contribution in [0.1, 0.15) is 46.0 Å². The molecule has 0 aliphatic heterocycles. The van der Waals surface area contributed by atoms with Gasteiger partial charge in [-0.15, -0.1) is 0 Å². The summed E-state index contributed by atoms with van der Waals surface area (Å²) < 4.78 is 0. The lowest BCUT2D eigenvalue weighted by Crippen LogP contribution is -2.15. The van der Waals surface area contributed by atoms with E-state index in [2.05, 4.69) is 12.2 Å². The third-order valence-corrected chi connectivity index (χ3v) is 3.07. The van der Waals surface area contributed by atoms with Gasteiger partial charge in [0, 0.05) is 6.04 Å². The smallest absolute Gasteiger partial charge is 0.296 e. The molecule has 0 saturated heterocycles. The van der Waals surface area contributed by atoms with Gasteiger partial charge in [0.05, 0.1) is 11.0 Å². The van der Waals surface area contributed by atoms with Gasteiger partial charge in [0.1, 0.15) is 11.4 Å². The monoisotopic (exact) mass is 266 g/mol. The fourth-order valence-corrected chi connectivity index (χ4v) is 2.01. The van der Waals surface area contributed by atoms with Crippen molar-refractivity contribution in [2.75, 3.05) is 5.32 Å². The zero-order valence-corrected chi connectivity index (χ0v) is 11.6. The van der Waals surface area contributed by atoms with Crippen LogP contribution in [-0.2, 0) is 0 Å². The Hall–Kier alpha value is -1.78. The molecule has 0 aliphatic carbocycles. The van der Waals surface area contributed by atoms with Gasteiger partial charge in [-0.1, -0.05) is 32.6 Å². The van der Waals surface area contributed by atoms with Crippen molar-refractivity contribution in [2.45, 2.75) is 52.0 Å². The Morgan fingerprint density at radius 3 is 2.74 bits per heavy atom. The van der Waals surface area contributed by atoms with Gasteiger partial charge >= 0.3 is 0 Å². The van der Waals surface area contributed by atoms with Crippen molar-refractivity contribution in [3.8, 4) is 5.75 Å². The lowest BCUT2D eigenvalue weighted by atomic mass is 10.1. The number of aromatic hydroxyl groups is 1. The first-order chi connectivity index (χ1) is 9.04. The third-order valence-electron chi connectivity index (χ3n) is 3.07. The number of nitro groups is 1. The maximum absolute atomic E-state index is 10.9. The summed E-state index contributed by atoms with van der Waals surface area (Å²) >= 11 is 0. The normalized spacial score (nSPS) is 12.1. The Morgan fingerprint density at radius 2 is 2.11 bits per heavy atom. The van der Waals surface area contributed by atoms with Crippen LogP contribution in [0, 0.1) is 10.1 Å². The molecule has 1 unspecified atom stereocenters. The fraction of sp³-hybridized carbons (Fsp3) is 0.571. The molecule has 0 bridgehead atoms. The largest absolute Gasteiger partial charge is 0.508 e. The molecule has 2 N–H and O–H groups in total. The van der Waals surface area contributed by atoms with E-state index in [4.69, 9.17) is 0 Å². The first-order valence-electron chi connectivity index (χ1n) is 6.78. The number of anilines is 1. The molecule has 1 atom stereocenters. The second-order valence-corrected chi connectivity index (χ2v) is 4.85. The molecular formula is C14H22N2O3. The average molecular weight is 266 g/mol. The van der Waals surface area contributed by atoms with E-state index in [0.29, 0.717) is 5.69 Å². The Kier molecular flexibility index (Phi) is 6.12. The molecule has 0 saturated carbocycles.